The minimum atomic E-state index is -3.01. The summed E-state index contributed by atoms with van der Waals surface area (Å²) in [6, 6.07) is 1.95. The fourth-order valence-corrected chi connectivity index (χ4v) is 2.96. The van der Waals surface area contributed by atoms with Crippen LogP contribution in [0.4, 0.5) is 0 Å². The summed E-state index contributed by atoms with van der Waals surface area (Å²) in [5.41, 5.74) is 2.54. The lowest BCUT2D eigenvalue weighted by atomic mass is 10.3. The van der Waals surface area contributed by atoms with E-state index in [1.54, 1.807) is 13.1 Å². The van der Waals surface area contributed by atoms with Gasteiger partial charge in [-0.1, -0.05) is 6.92 Å². The highest BCUT2D eigenvalue weighted by Gasteiger charge is 2.14. The summed E-state index contributed by atoms with van der Waals surface area (Å²) in [6.45, 7) is 3.98. The summed E-state index contributed by atoms with van der Waals surface area (Å²) in [5, 5.41) is 0. The lowest BCUT2D eigenvalue weighted by Crippen LogP contribution is -2.16. The molecule has 2 heterocycles. The highest BCUT2D eigenvalue weighted by Crippen LogP contribution is 2.16. The first-order valence-corrected chi connectivity index (χ1v) is 8.90. The van der Waals surface area contributed by atoms with Crippen molar-refractivity contribution in [3.05, 3.63) is 23.7 Å². The summed E-state index contributed by atoms with van der Waals surface area (Å²) in [5.74, 6) is 1.49. The molecule has 2 aromatic heterocycles. The second kappa shape index (κ2) is 6.10. The average molecular weight is 316 g/mol. The molecule has 20 heavy (non-hydrogen) atoms. The number of imidazole rings is 1. The summed E-state index contributed by atoms with van der Waals surface area (Å²) in [7, 11) is -3.01. The second-order valence-corrected chi connectivity index (χ2v) is 7.56. The molecule has 110 valence electrons. The summed E-state index contributed by atoms with van der Waals surface area (Å²) < 4.78 is 25.2. The van der Waals surface area contributed by atoms with Gasteiger partial charge in [-0.05, 0) is 18.6 Å². The van der Waals surface area contributed by atoms with Gasteiger partial charge in [-0.15, -0.1) is 11.6 Å². The Bertz CT molecular complexity index is 710. The minimum absolute atomic E-state index is 0.0970. The van der Waals surface area contributed by atoms with Crippen LogP contribution in [0.5, 0.6) is 0 Å². The van der Waals surface area contributed by atoms with Crippen LogP contribution in [0.2, 0.25) is 0 Å². The molecule has 7 heteroatoms. The average Bonchev–Trinajstić information content (AvgIpc) is 2.73. The Morgan fingerprint density at radius 2 is 2.15 bits per heavy atom. The molecule has 0 aliphatic carbocycles. The zero-order valence-electron chi connectivity index (χ0n) is 11.6. The Morgan fingerprint density at radius 3 is 2.80 bits per heavy atom. The molecule has 0 saturated heterocycles. The van der Waals surface area contributed by atoms with Crippen molar-refractivity contribution in [3.63, 3.8) is 0 Å². The van der Waals surface area contributed by atoms with Crippen molar-refractivity contribution in [1.29, 1.82) is 0 Å². The Kier molecular flexibility index (Phi) is 4.65. The van der Waals surface area contributed by atoms with E-state index in [0.29, 0.717) is 18.8 Å². The molecule has 0 bridgehead atoms. The highest BCUT2D eigenvalue weighted by atomic mass is 35.5. The van der Waals surface area contributed by atoms with E-state index >= 15 is 0 Å². The quantitative estimate of drug-likeness (QED) is 0.764. The number of sulfone groups is 1. The molecule has 0 radical (unpaired) electrons. The number of aromatic nitrogens is 3. The van der Waals surface area contributed by atoms with Crippen LogP contribution in [-0.2, 0) is 22.8 Å². The Hall–Kier alpha value is -1.14. The van der Waals surface area contributed by atoms with Crippen LogP contribution in [0.1, 0.15) is 18.3 Å². The highest BCUT2D eigenvalue weighted by molar-refractivity contribution is 7.91. The molecule has 0 aromatic carbocycles. The van der Waals surface area contributed by atoms with E-state index in [9.17, 15) is 8.42 Å². The van der Waals surface area contributed by atoms with Gasteiger partial charge in [0.25, 0.3) is 0 Å². The van der Waals surface area contributed by atoms with Crippen molar-refractivity contribution in [1.82, 2.24) is 14.5 Å². The monoisotopic (exact) mass is 315 g/mol. The number of halogens is 1. The van der Waals surface area contributed by atoms with Gasteiger partial charge < -0.3 is 4.57 Å². The fourth-order valence-electron chi connectivity index (χ4n) is 2.04. The van der Waals surface area contributed by atoms with E-state index in [1.807, 2.05) is 17.6 Å². The number of alkyl halides is 1. The number of aryl methyl sites for hydroxylation is 3. The topological polar surface area (TPSA) is 64.8 Å². The van der Waals surface area contributed by atoms with E-state index in [1.165, 1.54) is 0 Å². The smallest absolute Gasteiger partial charge is 0.160 e. The lowest BCUT2D eigenvalue weighted by molar-refractivity contribution is 0.589. The molecule has 0 saturated carbocycles. The zero-order chi connectivity index (χ0) is 14.8. The largest absolute Gasteiger partial charge is 0.312 e. The molecular weight excluding hydrogens is 298 g/mol. The molecule has 0 atom stereocenters. The van der Waals surface area contributed by atoms with E-state index in [4.69, 9.17) is 11.6 Å². The molecule has 5 nitrogen and oxygen atoms in total. The SMILES string of the molecule is CCS(=O)(=O)CCn1c(CCCl)nc2cc(C)cnc21. The van der Waals surface area contributed by atoms with Crippen molar-refractivity contribution >= 4 is 32.6 Å². The maximum Gasteiger partial charge on any atom is 0.160 e. The van der Waals surface area contributed by atoms with Crippen LogP contribution in [0.15, 0.2) is 12.3 Å². The van der Waals surface area contributed by atoms with Crippen LogP contribution in [-0.4, -0.2) is 40.3 Å². The van der Waals surface area contributed by atoms with Gasteiger partial charge in [-0.2, -0.15) is 0 Å². The van der Waals surface area contributed by atoms with Gasteiger partial charge in [-0.25, -0.2) is 18.4 Å². The molecule has 0 amide bonds. The molecule has 0 fully saturated rings. The van der Waals surface area contributed by atoms with E-state index in [-0.39, 0.29) is 11.5 Å². The molecule has 0 aliphatic rings. The summed E-state index contributed by atoms with van der Waals surface area (Å²) in [4.78, 5) is 8.88. The van der Waals surface area contributed by atoms with Crippen molar-refractivity contribution < 1.29 is 8.42 Å². The minimum Gasteiger partial charge on any atom is -0.312 e. The van der Waals surface area contributed by atoms with Crippen molar-refractivity contribution in [2.75, 3.05) is 17.4 Å². The van der Waals surface area contributed by atoms with E-state index < -0.39 is 9.84 Å². The summed E-state index contributed by atoms with van der Waals surface area (Å²) >= 11 is 5.79. The third kappa shape index (κ3) is 3.30. The first kappa shape index (κ1) is 15.3. The number of nitrogens with zero attached hydrogens (tertiary/aromatic N) is 3. The number of pyridine rings is 1. The van der Waals surface area contributed by atoms with Gasteiger partial charge in [0.05, 0.1) is 5.75 Å². The van der Waals surface area contributed by atoms with Crippen LogP contribution < -0.4 is 0 Å². The van der Waals surface area contributed by atoms with Gasteiger partial charge >= 0.3 is 0 Å². The predicted molar refractivity (Wildman–Crippen MR) is 81.0 cm³/mol. The fraction of sp³-hybridized carbons (Fsp3) is 0.538. The lowest BCUT2D eigenvalue weighted by Gasteiger charge is -2.07. The van der Waals surface area contributed by atoms with Crippen LogP contribution >= 0.6 is 11.6 Å². The van der Waals surface area contributed by atoms with Crippen molar-refractivity contribution in [2.45, 2.75) is 26.8 Å². The number of hydrogen-bond donors (Lipinski definition) is 0. The molecular formula is C13H18ClN3O2S. The first-order chi connectivity index (χ1) is 9.46. The third-order valence-corrected chi connectivity index (χ3v) is 5.06. The van der Waals surface area contributed by atoms with Crippen molar-refractivity contribution in [3.8, 4) is 0 Å². The van der Waals surface area contributed by atoms with Gasteiger partial charge in [0, 0.05) is 30.8 Å². The third-order valence-electron chi connectivity index (χ3n) is 3.18. The molecule has 0 N–H and O–H groups in total. The van der Waals surface area contributed by atoms with E-state index in [2.05, 4.69) is 9.97 Å². The molecule has 0 unspecified atom stereocenters. The number of hydrogen-bond acceptors (Lipinski definition) is 4. The summed E-state index contributed by atoms with van der Waals surface area (Å²) in [6.07, 6.45) is 2.36. The molecule has 2 rings (SSSR count). The maximum absolute atomic E-state index is 11.7. The van der Waals surface area contributed by atoms with Gasteiger partial charge in [0.15, 0.2) is 15.5 Å². The Balaban J connectivity index is 2.41. The Labute approximate surface area is 123 Å². The predicted octanol–water partition coefficient (Wildman–Crippen LogP) is 1.96. The Morgan fingerprint density at radius 1 is 1.40 bits per heavy atom. The van der Waals surface area contributed by atoms with E-state index in [0.717, 1.165) is 22.6 Å². The normalized spacial score (nSPS) is 12.2. The number of rotatable bonds is 6. The maximum atomic E-state index is 11.7. The van der Waals surface area contributed by atoms with Crippen LogP contribution in [0, 0.1) is 6.92 Å². The van der Waals surface area contributed by atoms with Crippen LogP contribution in [0.3, 0.4) is 0 Å². The standard InChI is InChI=1S/C13H18ClN3O2S/c1-3-20(18,19)7-6-17-12(4-5-14)16-11-8-10(2)9-15-13(11)17/h8-9H,3-7H2,1-2H3. The molecule has 2 aromatic rings. The second-order valence-electron chi connectivity index (χ2n) is 4.71. The van der Waals surface area contributed by atoms with Crippen molar-refractivity contribution in [2.24, 2.45) is 0 Å². The van der Waals surface area contributed by atoms with Crippen LogP contribution in [0.25, 0.3) is 11.2 Å². The molecule has 0 aliphatic heterocycles. The number of fused-ring (bicyclic) bond motifs is 1. The van der Waals surface area contributed by atoms with Gasteiger partial charge in [0.2, 0.25) is 0 Å². The van der Waals surface area contributed by atoms with Gasteiger partial charge in [0.1, 0.15) is 11.3 Å². The van der Waals surface area contributed by atoms with Gasteiger partial charge in [-0.3, -0.25) is 0 Å². The zero-order valence-corrected chi connectivity index (χ0v) is 13.2. The first-order valence-electron chi connectivity index (χ1n) is 6.55. The molecule has 0 spiro atoms.